The summed E-state index contributed by atoms with van der Waals surface area (Å²) in [5.74, 6) is -1.78. The fourth-order valence-electron chi connectivity index (χ4n) is 4.22. The van der Waals surface area contributed by atoms with Crippen molar-refractivity contribution in [1.29, 1.82) is 0 Å². The summed E-state index contributed by atoms with van der Waals surface area (Å²) >= 11 is 7.99. The molecule has 0 fully saturated rings. The van der Waals surface area contributed by atoms with Crippen LogP contribution in [0.3, 0.4) is 0 Å². The Morgan fingerprint density at radius 2 is 1.91 bits per heavy atom. The summed E-state index contributed by atoms with van der Waals surface area (Å²) in [6.45, 7) is 8.64. The molecule has 0 aliphatic carbocycles. The maximum atomic E-state index is 13.1. The highest BCUT2D eigenvalue weighted by atomic mass is 35.5. The third kappa shape index (κ3) is 6.68. The molecule has 9 heteroatoms. The molecule has 5 atom stereocenters. The minimum atomic E-state index is -1.29. The van der Waals surface area contributed by atoms with Crippen molar-refractivity contribution in [2.45, 2.75) is 78.3 Å². The van der Waals surface area contributed by atoms with Gasteiger partial charge in [0.25, 0.3) is 0 Å². The van der Waals surface area contributed by atoms with Crippen molar-refractivity contribution in [3.05, 3.63) is 39.9 Å². The molecule has 1 aromatic heterocycles. The summed E-state index contributed by atoms with van der Waals surface area (Å²) < 4.78 is 12.6. The number of carbonyl (C=O) groups excluding carboxylic acids is 2. The topological polar surface area (TPSA) is 106 Å². The number of halogens is 1. The van der Waals surface area contributed by atoms with Crippen LogP contribution in [0.2, 0.25) is 0 Å². The number of ketones is 1. The second-order valence-corrected chi connectivity index (χ2v) is 11.5. The van der Waals surface area contributed by atoms with Crippen molar-refractivity contribution in [3.8, 4) is 0 Å². The summed E-state index contributed by atoms with van der Waals surface area (Å²) in [7, 11) is 0. The van der Waals surface area contributed by atoms with E-state index < -0.39 is 41.7 Å². The second-order valence-electron chi connectivity index (χ2n) is 9.74. The predicted molar refractivity (Wildman–Crippen MR) is 136 cm³/mol. The van der Waals surface area contributed by atoms with Crippen molar-refractivity contribution in [2.24, 2.45) is 11.3 Å². The van der Waals surface area contributed by atoms with Gasteiger partial charge in [-0.3, -0.25) is 9.59 Å². The van der Waals surface area contributed by atoms with Crippen molar-refractivity contribution in [2.75, 3.05) is 6.61 Å². The number of nitrogens with zero attached hydrogens (tertiary/aromatic N) is 1. The lowest BCUT2D eigenvalue weighted by Crippen LogP contribution is -2.47. The van der Waals surface area contributed by atoms with Gasteiger partial charge in [0.2, 0.25) is 0 Å². The number of aromatic nitrogens is 1. The first kappa shape index (κ1) is 27.7. The fraction of sp³-hybridized carbons (Fsp3) is 0.577. The van der Waals surface area contributed by atoms with Crippen LogP contribution in [-0.4, -0.2) is 51.9 Å². The standard InChI is InChI=1S/C26H34ClNO6S/c1-14-24(31)15(2)33-11-10-18(27)7-8-20(17-6-9-21-19(12-17)28-16(3)35-21)34-23(30)13-22(29)26(4,5)25(14)32/h6-7,9,12,14-15,20,22,24,29,31H,8,10-11,13H2,1-5H3/b18-7+/t14-,15+,20+,22+,24+/m1/s1. The smallest absolute Gasteiger partial charge is 0.309 e. The summed E-state index contributed by atoms with van der Waals surface area (Å²) in [5, 5.41) is 22.9. The molecule has 0 saturated carbocycles. The summed E-state index contributed by atoms with van der Waals surface area (Å²) in [6.07, 6.45) is -1.43. The molecular formula is C26H34ClNO6S. The summed E-state index contributed by atoms with van der Waals surface area (Å²) in [6, 6.07) is 5.75. The number of rotatable bonds is 1. The number of thiazole rings is 1. The molecule has 3 rings (SSSR count). The van der Waals surface area contributed by atoms with Gasteiger partial charge in [0.15, 0.2) is 0 Å². The number of hydrogen-bond donors (Lipinski definition) is 2. The first-order valence-corrected chi connectivity index (χ1v) is 13.0. The number of esters is 1. The van der Waals surface area contributed by atoms with E-state index in [9.17, 15) is 19.8 Å². The lowest BCUT2D eigenvalue weighted by Gasteiger charge is -2.34. The van der Waals surface area contributed by atoms with Crippen molar-refractivity contribution >= 4 is 44.9 Å². The van der Waals surface area contributed by atoms with Crippen molar-refractivity contribution in [1.82, 2.24) is 4.98 Å². The molecule has 192 valence electrons. The van der Waals surface area contributed by atoms with E-state index in [1.165, 1.54) is 0 Å². The highest BCUT2D eigenvalue weighted by Gasteiger charge is 2.42. The molecule has 1 aliphatic heterocycles. The predicted octanol–water partition coefficient (Wildman–Crippen LogP) is 4.85. The first-order valence-electron chi connectivity index (χ1n) is 11.8. The molecule has 0 spiro atoms. The van der Waals surface area contributed by atoms with Gasteiger partial charge in [-0.25, -0.2) is 4.98 Å². The number of ether oxygens (including phenoxy) is 2. The molecule has 0 unspecified atom stereocenters. The lowest BCUT2D eigenvalue weighted by molar-refractivity contribution is -0.156. The molecule has 2 heterocycles. The third-order valence-electron chi connectivity index (χ3n) is 6.67. The Hall–Kier alpha value is -1.84. The molecule has 35 heavy (non-hydrogen) atoms. The minimum absolute atomic E-state index is 0.259. The van der Waals surface area contributed by atoms with E-state index in [4.69, 9.17) is 21.1 Å². The third-order valence-corrected chi connectivity index (χ3v) is 7.97. The average molecular weight is 524 g/mol. The Morgan fingerprint density at radius 3 is 2.63 bits per heavy atom. The quantitative estimate of drug-likeness (QED) is 0.514. The monoisotopic (exact) mass is 523 g/mol. The molecule has 1 aliphatic rings. The van der Waals surface area contributed by atoms with Gasteiger partial charge in [-0.1, -0.05) is 44.5 Å². The molecule has 0 radical (unpaired) electrons. The van der Waals surface area contributed by atoms with E-state index in [1.807, 2.05) is 25.1 Å². The van der Waals surface area contributed by atoms with Crippen LogP contribution in [0.4, 0.5) is 0 Å². The molecular weight excluding hydrogens is 490 g/mol. The molecule has 0 bridgehead atoms. The van der Waals surface area contributed by atoms with Crippen LogP contribution < -0.4 is 0 Å². The Bertz CT molecular complexity index is 1100. The number of carbonyl (C=O) groups is 2. The van der Waals surface area contributed by atoms with Crippen LogP contribution in [0.1, 0.15) is 63.6 Å². The van der Waals surface area contributed by atoms with Crippen LogP contribution >= 0.6 is 22.9 Å². The van der Waals surface area contributed by atoms with Gasteiger partial charge >= 0.3 is 5.97 Å². The number of aliphatic hydroxyl groups is 2. The zero-order valence-corrected chi connectivity index (χ0v) is 22.4. The van der Waals surface area contributed by atoms with Crippen LogP contribution in [-0.2, 0) is 19.1 Å². The van der Waals surface area contributed by atoms with Crippen LogP contribution in [0, 0.1) is 18.3 Å². The number of Topliss-reactive ketones (excluding diaryl/α,β-unsaturated/α-hetero) is 1. The minimum Gasteiger partial charge on any atom is -0.457 e. The van der Waals surface area contributed by atoms with Crippen molar-refractivity contribution < 1.29 is 29.3 Å². The van der Waals surface area contributed by atoms with Crippen LogP contribution in [0.15, 0.2) is 29.3 Å². The number of hydrogen-bond acceptors (Lipinski definition) is 8. The van der Waals surface area contributed by atoms with Gasteiger partial charge in [0, 0.05) is 23.8 Å². The van der Waals surface area contributed by atoms with Gasteiger partial charge < -0.3 is 19.7 Å². The number of aryl methyl sites for hydroxylation is 1. The highest BCUT2D eigenvalue weighted by Crippen LogP contribution is 2.33. The van der Waals surface area contributed by atoms with E-state index >= 15 is 0 Å². The Balaban J connectivity index is 1.91. The Kier molecular flexibility index (Phi) is 9.10. The number of aliphatic hydroxyl groups excluding tert-OH is 2. The zero-order chi connectivity index (χ0) is 25.9. The van der Waals surface area contributed by atoms with E-state index in [-0.39, 0.29) is 18.8 Å². The molecule has 2 N–H and O–H groups in total. The summed E-state index contributed by atoms with van der Waals surface area (Å²) in [4.78, 5) is 30.5. The number of benzene rings is 1. The zero-order valence-electron chi connectivity index (χ0n) is 20.8. The fourth-order valence-corrected chi connectivity index (χ4v) is 5.20. The van der Waals surface area contributed by atoms with Crippen LogP contribution in [0.5, 0.6) is 0 Å². The second kappa shape index (κ2) is 11.5. The maximum absolute atomic E-state index is 13.1. The van der Waals surface area contributed by atoms with Gasteiger partial charge in [0.1, 0.15) is 11.9 Å². The van der Waals surface area contributed by atoms with E-state index in [0.29, 0.717) is 17.9 Å². The number of cyclic esters (lactones) is 1. The molecule has 7 nitrogen and oxygen atoms in total. The van der Waals surface area contributed by atoms with Gasteiger partial charge in [-0.15, -0.1) is 11.3 Å². The largest absolute Gasteiger partial charge is 0.457 e. The van der Waals surface area contributed by atoms with Gasteiger partial charge in [-0.05, 0) is 31.5 Å². The van der Waals surface area contributed by atoms with Crippen molar-refractivity contribution in [3.63, 3.8) is 0 Å². The molecule has 2 aromatic rings. The molecule has 0 amide bonds. The lowest BCUT2D eigenvalue weighted by atomic mass is 9.74. The molecule has 0 saturated heterocycles. The normalized spacial score (nSPS) is 31.1. The first-order chi connectivity index (χ1) is 16.4. The van der Waals surface area contributed by atoms with Gasteiger partial charge in [-0.2, -0.15) is 0 Å². The summed E-state index contributed by atoms with van der Waals surface area (Å²) in [5.41, 5.74) is 0.320. The van der Waals surface area contributed by atoms with E-state index in [2.05, 4.69) is 4.98 Å². The SMILES string of the molecule is Cc1nc2cc([C@@H]3C/C=C(/Cl)CCO[C@@H](C)[C@@H](O)[C@@H](C)C(=O)C(C)(C)[C@@H](O)CC(=O)O3)ccc2s1. The number of fused-ring (bicyclic) bond motifs is 1. The Labute approximate surface area is 215 Å². The van der Waals surface area contributed by atoms with E-state index in [1.54, 1.807) is 45.1 Å². The highest BCUT2D eigenvalue weighted by molar-refractivity contribution is 7.18. The maximum Gasteiger partial charge on any atom is 0.309 e. The Morgan fingerprint density at radius 1 is 1.20 bits per heavy atom. The van der Waals surface area contributed by atoms with E-state index in [0.717, 1.165) is 20.8 Å². The van der Waals surface area contributed by atoms with Crippen LogP contribution in [0.25, 0.3) is 10.2 Å². The average Bonchev–Trinajstić information content (AvgIpc) is 3.18. The molecule has 1 aromatic carbocycles. The van der Waals surface area contributed by atoms with Gasteiger partial charge in [0.05, 0.1) is 52.0 Å².